The number of hydrogen-bond acceptors (Lipinski definition) is 4. The summed E-state index contributed by atoms with van der Waals surface area (Å²) in [6, 6.07) is 5.26. The Labute approximate surface area is 153 Å². The summed E-state index contributed by atoms with van der Waals surface area (Å²) in [7, 11) is 0. The van der Waals surface area contributed by atoms with Gasteiger partial charge < -0.3 is 19.5 Å². The second-order valence-corrected chi connectivity index (χ2v) is 6.74. The van der Waals surface area contributed by atoms with Gasteiger partial charge in [-0.25, -0.2) is 0 Å². The molecule has 2 saturated heterocycles. The fraction of sp³-hybridized carbons (Fsp3) is 0.556. The third-order valence-corrected chi connectivity index (χ3v) is 5.09. The number of carboxylic acid groups (broad SMARTS) is 1. The van der Waals surface area contributed by atoms with Crippen LogP contribution in [0.15, 0.2) is 24.3 Å². The highest BCUT2D eigenvalue weighted by Gasteiger charge is 2.41. The number of likely N-dealkylation sites (tertiary alicyclic amines) is 1. The van der Waals surface area contributed by atoms with E-state index >= 15 is 0 Å². The number of ether oxygens (including phenoxy) is 2. The topological polar surface area (TPSA) is 76.1 Å². The number of aliphatic carboxylic acids is 1. The lowest BCUT2D eigenvalue weighted by atomic mass is 9.84. The molecule has 1 unspecified atom stereocenters. The molecular weight excluding hydrogens is 367 g/mol. The van der Waals surface area contributed by atoms with Gasteiger partial charge in [-0.1, -0.05) is 12.1 Å². The van der Waals surface area contributed by atoms with E-state index in [4.69, 9.17) is 4.74 Å². The van der Waals surface area contributed by atoms with Crippen molar-refractivity contribution in [2.75, 3.05) is 19.7 Å². The Kier molecular flexibility index (Phi) is 5.59. The van der Waals surface area contributed by atoms with E-state index in [1.165, 1.54) is 23.1 Å². The highest BCUT2D eigenvalue weighted by molar-refractivity contribution is 5.97. The Morgan fingerprint density at radius 1 is 1.15 bits per heavy atom. The van der Waals surface area contributed by atoms with Crippen LogP contribution in [-0.2, 0) is 9.53 Å². The smallest absolute Gasteiger partial charge is 0.481 e. The van der Waals surface area contributed by atoms with Gasteiger partial charge in [0.1, 0.15) is 5.75 Å². The molecule has 1 N–H and O–H groups in total. The summed E-state index contributed by atoms with van der Waals surface area (Å²) < 4.78 is 47.2. The molecule has 0 saturated carbocycles. The van der Waals surface area contributed by atoms with E-state index < -0.39 is 29.9 Å². The average Bonchev–Trinajstić information content (AvgIpc) is 3.10. The molecule has 148 valence electrons. The van der Waals surface area contributed by atoms with Crippen LogP contribution in [-0.4, -0.2) is 54.0 Å². The molecule has 1 amide bonds. The maximum Gasteiger partial charge on any atom is 0.573 e. The second kappa shape index (κ2) is 7.75. The first kappa shape index (κ1) is 19.5. The number of carbonyl (C=O) groups is 2. The molecule has 0 bridgehead atoms. The lowest BCUT2D eigenvalue weighted by Crippen LogP contribution is -2.43. The molecule has 0 aromatic heterocycles. The molecule has 1 aromatic rings. The minimum atomic E-state index is -4.88. The molecule has 6 nitrogen and oxygen atoms in total. The van der Waals surface area contributed by atoms with Crippen LogP contribution in [0.25, 0.3) is 0 Å². The van der Waals surface area contributed by atoms with Gasteiger partial charge >= 0.3 is 12.3 Å². The fourth-order valence-corrected chi connectivity index (χ4v) is 3.80. The molecule has 2 atom stereocenters. The van der Waals surface area contributed by atoms with Gasteiger partial charge in [0.15, 0.2) is 0 Å². The van der Waals surface area contributed by atoms with Crippen LogP contribution < -0.4 is 4.74 Å². The Balaban J connectivity index is 1.65. The first-order valence-electron chi connectivity index (χ1n) is 8.74. The average molecular weight is 387 g/mol. The molecule has 0 spiro atoms. The summed E-state index contributed by atoms with van der Waals surface area (Å²) in [5.41, 5.74) is -0.145. The summed E-state index contributed by atoms with van der Waals surface area (Å²) in [6.07, 6.45) is -3.69. The van der Waals surface area contributed by atoms with Crippen LogP contribution in [0.2, 0.25) is 0 Å². The predicted octanol–water partition coefficient (Wildman–Crippen LogP) is 2.93. The van der Waals surface area contributed by atoms with Crippen LogP contribution in [0.5, 0.6) is 5.75 Å². The van der Waals surface area contributed by atoms with Crippen molar-refractivity contribution in [2.24, 2.45) is 11.8 Å². The van der Waals surface area contributed by atoms with Crippen molar-refractivity contribution in [1.82, 2.24) is 4.90 Å². The van der Waals surface area contributed by atoms with E-state index in [2.05, 4.69) is 4.74 Å². The maximum atomic E-state index is 12.7. The quantitative estimate of drug-likeness (QED) is 0.860. The van der Waals surface area contributed by atoms with Gasteiger partial charge in [-0.2, -0.15) is 0 Å². The summed E-state index contributed by atoms with van der Waals surface area (Å²) in [6.45, 7) is 1.06. The fourth-order valence-electron chi connectivity index (χ4n) is 3.80. The normalized spacial score (nSPS) is 24.0. The van der Waals surface area contributed by atoms with Crippen molar-refractivity contribution in [2.45, 2.75) is 31.7 Å². The highest BCUT2D eigenvalue weighted by Crippen LogP contribution is 2.34. The van der Waals surface area contributed by atoms with E-state index in [9.17, 15) is 27.9 Å². The highest BCUT2D eigenvalue weighted by atomic mass is 19.4. The first-order valence-corrected chi connectivity index (χ1v) is 8.74. The lowest BCUT2D eigenvalue weighted by Gasteiger charge is -2.35. The van der Waals surface area contributed by atoms with Gasteiger partial charge in [0.2, 0.25) is 0 Å². The van der Waals surface area contributed by atoms with E-state index in [1.54, 1.807) is 0 Å². The Hall–Kier alpha value is -2.29. The van der Waals surface area contributed by atoms with Crippen molar-refractivity contribution in [1.29, 1.82) is 0 Å². The number of hydrogen-bond donors (Lipinski definition) is 1. The standard InChI is InChI=1S/C18H20F3NO5/c19-18(20,21)27-14-4-2-1-3-12(14)16(23)22-8-5-11(6-9-22)15-13(17(24)25)7-10-26-15/h1-4,11,13,15H,5-10H2,(H,24,25)/t13?,15-/m0/s1. The number of amides is 1. The van der Waals surface area contributed by atoms with Crippen molar-refractivity contribution in [3.63, 3.8) is 0 Å². The maximum absolute atomic E-state index is 12.7. The number of carboxylic acids is 1. The Morgan fingerprint density at radius 2 is 1.81 bits per heavy atom. The second-order valence-electron chi connectivity index (χ2n) is 6.74. The molecule has 27 heavy (non-hydrogen) atoms. The van der Waals surface area contributed by atoms with Crippen molar-refractivity contribution >= 4 is 11.9 Å². The van der Waals surface area contributed by atoms with Gasteiger partial charge in [-0.05, 0) is 37.3 Å². The van der Waals surface area contributed by atoms with Crippen molar-refractivity contribution in [3.05, 3.63) is 29.8 Å². The number of carbonyl (C=O) groups excluding carboxylic acids is 1. The summed E-state index contributed by atoms with van der Waals surface area (Å²) in [4.78, 5) is 25.4. The number of nitrogens with zero attached hydrogens (tertiary/aromatic N) is 1. The Bertz CT molecular complexity index is 700. The van der Waals surface area contributed by atoms with Gasteiger partial charge in [0.25, 0.3) is 5.91 Å². The molecule has 3 rings (SSSR count). The van der Waals surface area contributed by atoms with Gasteiger partial charge in [0.05, 0.1) is 17.6 Å². The number of para-hydroxylation sites is 1. The SMILES string of the molecule is O=C(O)C1CCO[C@H]1C1CCN(C(=O)c2ccccc2OC(F)(F)F)CC1. The molecule has 1 aromatic carbocycles. The van der Waals surface area contributed by atoms with E-state index in [0.29, 0.717) is 39.0 Å². The van der Waals surface area contributed by atoms with Gasteiger partial charge in [-0.15, -0.1) is 13.2 Å². The third kappa shape index (κ3) is 4.52. The third-order valence-electron chi connectivity index (χ3n) is 5.09. The molecule has 9 heteroatoms. The van der Waals surface area contributed by atoms with Crippen LogP contribution >= 0.6 is 0 Å². The number of piperidine rings is 1. The van der Waals surface area contributed by atoms with Crippen LogP contribution in [0.3, 0.4) is 0 Å². The monoisotopic (exact) mass is 387 g/mol. The van der Waals surface area contributed by atoms with Crippen LogP contribution in [0, 0.1) is 11.8 Å². The van der Waals surface area contributed by atoms with E-state index in [1.807, 2.05) is 0 Å². The molecule has 2 fully saturated rings. The largest absolute Gasteiger partial charge is 0.573 e. The number of rotatable bonds is 4. The zero-order valence-corrected chi connectivity index (χ0v) is 14.4. The van der Waals surface area contributed by atoms with E-state index in [0.717, 1.165) is 6.07 Å². The summed E-state index contributed by atoms with van der Waals surface area (Å²) in [5, 5.41) is 9.28. The van der Waals surface area contributed by atoms with Gasteiger partial charge in [0, 0.05) is 19.7 Å². The van der Waals surface area contributed by atoms with Crippen molar-refractivity contribution < 1.29 is 37.3 Å². The summed E-state index contributed by atoms with van der Waals surface area (Å²) in [5.74, 6) is -2.47. The van der Waals surface area contributed by atoms with Crippen LogP contribution in [0.1, 0.15) is 29.6 Å². The zero-order chi connectivity index (χ0) is 19.6. The Morgan fingerprint density at radius 3 is 2.44 bits per heavy atom. The van der Waals surface area contributed by atoms with Gasteiger partial charge in [-0.3, -0.25) is 9.59 Å². The number of halogens is 3. The molecule has 2 aliphatic rings. The lowest BCUT2D eigenvalue weighted by molar-refractivity contribution is -0.274. The molecular formula is C18H20F3NO5. The van der Waals surface area contributed by atoms with Crippen LogP contribution in [0.4, 0.5) is 13.2 Å². The first-order chi connectivity index (χ1) is 12.8. The minimum absolute atomic E-state index is 0.0133. The molecule has 0 radical (unpaired) electrons. The summed E-state index contributed by atoms with van der Waals surface area (Å²) >= 11 is 0. The minimum Gasteiger partial charge on any atom is -0.481 e. The zero-order valence-electron chi connectivity index (χ0n) is 14.4. The number of benzene rings is 1. The molecule has 2 aliphatic heterocycles. The molecule has 2 heterocycles. The number of alkyl halides is 3. The predicted molar refractivity (Wildman–Crippen MR) is 87.2 cm³/mol. The van der Waals surface area contributed by atoms with Crippen molar-refractivity contribution in [3.8, 4) is 5.75 Å². The van der Waals surface area contributed by atoms with E-state index in [-0.39, 0.29) is 17.6 Å². The molecule has 0 aliphatic carbocycles.